The van der Waals surface area contributed by atoms with E-state index in [0.717, 1.165) is 37.6 Å². The average molecular weight is 401 g/mol. The summed E-state index contributed by atoms with van der Waals surface area (Å²) in [5, 5.41) is 0. The molecule has 5 rings (SSSR count). The molecule has 0 N–H and O–H groups in total. The lowest BCUT2D eigenvalue weighted by Crippen LogP contribution is -2.36. The lowest BCUT2D eigenvalue weighted by Gasteiger charge is -2.31. The molecule has 154 valence electrons. The maximum Gasteiger partial charge on any atom is 0.254 e. The highest BCUT2D eigenvalue weighted by molar-refractivity contribution is 5.94. The highest BCUT2D eigenvalue weighted by atomic mass is 16.2. The van der Waals surface area contributed by atoms with Crippen LogP contribution in [0.4, 0.5) is 0 Å². The first-order valence-electron chi connectivity index (χ1n) is 10.7. The van der Waals surface area contributed by atoms with E-state index in [1.807, 2.05) is 42.7 Å². The van der Waals surface area contributed by atoms with Gasteiger partial charge in [0.15, 0.2) is 0 Å². The van der Waals surface area contributed by atoms with Gasteiger partial charge in [-0.2, -0.15) is 0 Å². The van der Waals surface area contributed by atoms with Gasteiger partial charge in [0, 0.05) is 50.6 Å². The number of rotatable bonds is 4. The summed E-state index contributed by atoms with van der Waals surface area (Å²) < 4.78 is 2.10. The van der Waals surface area contributed by atoms with E-state index in [4.69, 9.17) is 0 Å². The van der Waals surface area contributed by atoms with E-state index in [1.54, 1.807) is 0 Å². The van der Waals surface area contributed by atoms with Crippen LogP contribution in [-0.4, -0.2) is 44.9 Å². The number of nitrogens with zero attached hydrogens (tertiary/aromatic N) is 4. The van der Waals surface area contributed by atoms with Crippen molar-refractivity contribution in [2.45, 2.75) is 19.5 Å². The van der Waals surface area contributed by atoms with Gasteiger partial charge in [-0.1, -0.05) is 42.5 Å². The van der Waals surface area contributed by atoms with Gasteiger partial charge in [0.1, 0.15) is 5.82 Å². The normalized spacial score (nSPS) is 23.7. The van der Waals surface area contributed by atoms with Crippen LogP contribution in [0, 0.1) is 18.8 Å². The average Bonchev–Trinajstić information content (AvgIpc) is 3.44. The minimum absolute atomic E-state index is 0.121. The molecular weight excluding hydrogens is 372 g/mol. The Morgan fingerprint density at radius 2 is 1.80 bits per heavy atom. The maximum atomic E-state index is 13.5. The van der Waals surface area contributed by atoms with Gasteiger partial charge in [0.25, 0.3) is 5.91 Å². The highest BCUT2D eigenvalue weighted by Crippen LogP contribution is 2.46. The van der Waals surface area contributed by atoms with Gasteiger partial charge in [0.05, 0.1) is 12.6 Å². The number of carbonyl (C=O) groups is 1. The minimum Gasteiger partial charge on any atom is -0.337 e. The fraction of sp³-hybridized carbons (Fsp3) is 0.360. The Morgan fingerprint density at radius 3 is 2.53 bits per heavy atom. The van der Waals surface area contributed by atoms with Crippen LogP contribution in [0.15, 0.2) is 67.0 Å². The van der Waals surface area contributed by atoms with Crippen LogP contribution in [0.2, 0.25) is 0 Å². The third-order valence-electron chi connectivity index (χ3n) is 6.81. The van der Waals surface area contributed by atoms with E-state index in [0.29, 0.717) is 11.8 Å². The number of aromatic nitrogens is 2. The molecule has 2 saturated heterocycles. The number of amides is 1. The van der Waals surface area contributed by atoms with E-state index in [-0.39, 0.29) is 11.9 Å². The van der Waals surface area contributed by atoms with E-state index in [9.17, 15) is 4.79 Å². The zero-order chi connectivity index (χ0) is 20.7. The second-order valence-electron chi connectivity index (χ2n) is 8.70. The van der Waals surface area contributed by atoms with E-state index in [2.05, 4.69) is 57.6 Å². The molecule has 0 radical (unpaired) electrons. The van der Waals surface area contributed by atoms with Crippen molar-refractivity contribution in [2.75, 3.05) is 19.6 Å². The molecule has 2 aromatic carbocycles. The molecule has 0 aliphatic carbocycles. The summed E-state index contributed by atoms with van der Waals surface area (Å²) in [6, 6.07) is 18.4. The van der Waals surface area contributed by atoms with Crippen molar-refractivity contribution in [3.05, 3.63) is 89.5 Å². The SMILES string of the molecule is Cc1ccccc1[C@@H]1[C@H]2CN(Cc3nccn3C)C[C@H]2CN1C(=O)c1ccccc1. The Bertz CT molecular complexity index is 1040. The van der Waals surface area contributed by atoms with Crippen molar-refractivity contribution in [1.82, 2.24) is 19.4 Å². The van der Waals surface area contributed by atoms with Crippen molar-refractivity contribution in [3.63, 3.8) is 0 Å². The molecular formula is C25H28N4O. The Kier molecular flexibility index (Phi) is 4.91. The van der Waals surface area contributed by atoms with Gasteiger partial charge in [-0.25, -0.2) is 4.98 Å². The Hall–Kier alpha value is -2.92. The molecule has 0 unspecified atom stereocenters. The van der Waals surface area contributed by atoms with Crippen LogP contribution in [0.25, 0.3) is 0 Å². The predicted molar refractivity (Wildman–Crippen MR) is 117 cm³/mol. The van der Waals surface area contributed by atoms with Crippen LogP contribution < -0.4 is 0 Å². The van der Waals surface area contributed by atoms with Gasteiger partial charge in [-0.15, -0.1) is 0 Å². The third-order valence-corrected chi connectivity index (χ3v) is 6.81. The molecule has 2 aliphatic rings. The zero-order valence-corrected chi connectivity index (χ0v) is 17.6. The summed E-state index contributed by atoms with van der Waals surface area (Å²) in [6.07, 6.45) is 3.87. The first-order valence-corrected chi connectivity index (χ1v) is 10.7. The van der Waals surface area contributed by atoms with Crippen LogP contribution in [0.3, 0.4) is 0 Å². The number of aryl methyl sites for hydroxylation is 2. The molecule has 0 bridgehead atoms. The monoisotopic (exact) mass is 400 g/mol. The molecule has 5 nitrogen and oxygen atoms in total. The number of hydrogen-bond acceptors (Lipinski definition) is 3. The molecule has 3 atom stereocenters. The standard InChI is InChI=1S/C25H28N4O/c1-18-8-6-7-11-21(18)24-22-16-28(17-23-26-12-13-27(23)2)14-20(22)15-29(24)25(30)19-9-4-3-5-10-19/h3-13,20,22,24H,14-17H2,1-2H3/t20-,22-,24+/m0/s1. The molecule has 30 heavy (non-hydrogen) atoms. The minimum atomic E-state index is 0.121. The van der Waals surface area contributed by atoms with E-state index >= 15 is 0 Å². The van der Waals surface area contributed by atoms with Gasteiger partial charge < -0.3 is 9.47 Å². The summed E-state index contributed by atoms with van der Waals surface area (Å²) in [6.45, 7) is 5.85. The quantitative estimate of drug-likeness (QED) is 0.671. The second-order valence-corrected chi connectivity index (χ2v) is 8.70. The van der Waals surface area contributed by atoms with Crippen molar-refractivity contribution in [2.24, 2.45) is 18.9 Å². The molecule has 0 saturated carbocycles. The van der Waals surface area contributed by atoms with Crippen LogP contribution >= 0.6 is 0 Å². The molecule has 5 heteroatoms. The fourth-order valence-corrected chi connectivity index (χ4v) is 5.29. The molecule has 3 heterocycles. The molecule has 3 aromatic rings. The van der Waals surface area contributed by atoms with E-state index in [1.165, 1.54) is 11.1 Å². The number of fused-ring (bicyclic) bond motifs is 1. The molecule has 2 aliphatic heterocycles. The molecule has 1 amide bonds. The number of carbonyl (C=O) groups excluding carboxylic acids is 1. The van der Waals surface area contributed by atoms with Gasteiger partial charge >= 0.3 is 0 Å². The summed E-state index contributed by atoms with van der Waals surface area (Å²) in [5.41, 5.74) is 3.32. The van der Waals surface area contributed by atoms with Crippen LogP contribution in [0.5, 0.6) is 0 Å². The Morgan fingerprint density at radius 1 is 1.03 bits per heavy atom. The maximum absolute atomic E-state index is 13.5. The van der Waals surface area contributed by atoms with Crippen molar-refractivity contribution in [3.8, 4) is 0 Å². The molecule has 2 fully saturated rings. The van der Waals surface area contributed by atoms with Gasteiger partial charge in [-0.05, 0) is 36.1 Å². The molecule has 1 aromatic heterocycles. The lowest BCUT2D eigenvalue weighted by molar-refractivity contribution is 0.0699. The van der Waals surface area contributed by atoms with Crippen molar-refractivity contribution < 1.29 is 4.79 Å². The third kappa shape index (κ3) is 3.33. The topological polar surface area (TPSA) is 41.4 Å². The summed E-state index contributed by atoms with van der Waals surface area (Å²) in [5.74, 6) is 2.18. The van der Waals surface area contributed by atoms with Crippen LogP contribution in [0.1, 0.15) is 33.4 Å². The summed E-state index contributed by atoms with van der Waals surface area (Å²) >= 11 is 0. The number of benzene rings is 2. The Labute approximate surface area is 178 Å². The Balaban J connectivity index is 1.44. The smallest absolute Gasteiger partial charge is 0.254 e. The van der Waals surface area contributed by atoms with Crippen molar-refractivity contribution >= 4 is 5.91 Å². The van der Waals surface area contributed by atoms with Gasteiger partial charge in [0.2, 0.25) is 0 Å². The lowest BCUT2D eigenvalue weighted by atomic mass is 9.87. The molecule has 0 spiro atoms. The number of likely N-dealkylation sites (tertiary alicyclic amines) is 2. The van der Waals surface area contributed by atoms with E-state index < -0.39 is 0 Å². The van der Waals surface area contributed by atoms with Crippen LogP contribution in [-0.2, 0) is 13.6 Å². The van der Waals surface area contributed by atoms with Gasteiger partial charge in [-0.3, -0.25) is 9.69 Å². The highest BCUT2D eigenvalue weighted by Gasteiger charge is 2.49. The number of hydrogen-bond donors (Lipinski definition) is 0. The fourth-order valence-electron chi connectivity index (χ4n) is 5.29. The first-order chi connectivity index (χ1) is 14.6. The summed E-state index contributed by atoms with van der Waals surface area (Å²) in [4.78, 5) is 22.6. The zero-order valence-electron chi connectivity index (χ0n) is 17.6. The van der Waals surface area contributed by atoms with Crippen molar-refractivity contribution in [1.29, 1.82) is 0 Å². The predicted octanol–water partition coefficient (Wildman–Crippen LogP) is 3.67. The number of imidazole rings is 1. The first kappa shape index (κ1) is 19.1. The largest absolute Gasteiger partial charge is 0.337 e. The summed E-state index contributed by atoms with van der Waals surface area (Å²) in [7, 11) is 2.05. The second kappa shape index (κ2) is 7.73.